The highest BCUT2D eigenvalue weighted by Gasteiger charge is 2.36. The molecule has 0 radical (unpaired) electrons. The first kappa shape index (κ1) is 23.3. The monoisotopic (exact) mass is 480 g/mol. The van der Waals surface area contributed by atoms with E-state index in [2.05, 4.69) is 5.32 Å². The summed E-state index contributed by atoms with van der Waals surface area (Å²) < 4.78 is 38.5. The number of anilines is 2. The van der Waals surface area contributed by atoms with Crippen LogP contribution in [-0.4, -0.2) is 40.1 Å². The predicted molar refractivity (Wildman–Crippen MR) is 128 cm³/mol. The van der Waals surface area contributed by atoms with Crippen molar-refractivity contribution in [1.29, 1.82) is 0 Å². The number of nitrogens with one attached hydrogen (secondary N) is 1. The summed E-state index contributed by atoms with van der Waals surface area (Å²) >= 11 is 0. The Morgan fingerprint density at radius 1 is 1.06 bits per heavy atom. The van der Waals surface area contributed by atoms with Crippen molar-refractivity contribution >= 4 is 33.3 Å². The molecule has 1 heterocycles. The zero-order valence-electron chi connectivity index (χ0n) is 18.7. The van der Waals surface area contributed by atoms with Crippen molar-refractivity contribution in [2.24, 2.45) is 0 Å². The molecule has 0 bridgehead atoms. The maximum absolute atomic E-state index is 13.3. The van der Waals surface area contributed by atoms with Crippen molar-refractivity contribution in [3.8, 4) is 5.75 Å². The number of aryl methyl sites for hydroxylation is 1. The van der Waals surface area contributed by atoms with Gasteiger partial charge in [-0.15, -0.1) is 0 Å². The lowest BCUT2D eigenvalue weighted by Crippen LogP contribution is -2.49. The van der Waals surface area contributed by atoms with Crippen LogP contribution in [0.5, 0.6) is 5.75 Å². The van der Waals surface area contributed by atoms with Gasteiger partial charge in [0.25, 0.3) is 5.91 Å². The summed E-state index contributed by atoms with van der Waals surface area (Å²) in [4.78, 5) is 25.0. The van der Waals surface area contributed by atoms with E-state index in [0.29, 0.717) is 22.7 Å². The van der Waals surface area contributed by atoms with Crippen LogP contribution >= 0.6 is 0 Å². The van der Waals surface area contributed by atoms with Crippen LogP contribution in [-0.2, 0) is 25.3 Å². The van der Waals surface area contributed by atoms with E-state index in [1.54, 1.807) is 67.6 Å². The average molecular weight is 481 g/mol. The minimum Gasteiger partial charge on any atom is -0.476 e. The second-order valence-electron chi connectivity index (χ2n) is 7.86. The normalized spacial score (nSPS) is 15.1. The Morgan fingerprint density at radius 2 is 1.76 bits per heavy atom. The predicted octanol–water partition coefficient (Wildman–Crippen LogP) is 3.52. The molecule has 9 heteroatoms. The lowest BCUT2D eigenvalue weighted by molar-refractivity contribution is -0.122. The summed E-state index contributed by atoms with van der Waals surface area (Å²) in [6.07, 6.45) is -1.10. The van der Waals surface area contributed by atoms with E-state index in [1.807, 2.05) is 6.07 Å². The lowest BCUT2D eigenvalue weighted by Gasteiger charge is -2.34. The van der Waals surface area contributed by atoms with Gasteiger partial charge < -0.3 is 14.8 Å². The lowest BCUT2D eigenvalue weighted by atomic mass is 10.1. The summed E-state index contributed by atoms with van der Waals surface area (Å²) in [5, 5.41) is 2.76. The van der Waals surface area contributed by atoms with E-state index in [4.69, 9.17) is 9.47 Å². The van der Waals surface area contributed by atoms with Crippen LogP contribution in [0.4, 0.5) is 11.4 Å². The van der Waals surface area contributed by atoms with Crippen LogP contribution in [0.1, 0.15) is 21.5 Å². The molecular weight excluding hydrogens is 456 g/mol. The molecule has 0 aromatic heterocycles. The molecule has 1 aliphatic heterocycles. The molecule has 4 rings (SSSR count). The Hall–Kier alpha value is -3.85. The van der Waals surface area contributed by atoms with Gasteiger partial charge in [0.1, 0.15) is 5.75 Å². The summed E-state index contributed by atoms with van der Waals surface area (Å²) in [6.45, 7) is 1.60. The number of para-hydroxylation sites is 2. The van der Waals surface area contributed by atoms with Crippen LogP contribution in [0.25, 0.3) is 0 Å². The Kier molecular flexibility index (Phi) is 6.56. The van der Waals surface area contributed by atoms with E-state index in [1.165, 1.54) is 17.5 Å². The van der Waals surface area contributed by atoms with Gasteiger partial charge in [-0.3, -0.25) is 9.10 Å². The van der Waals surface area contributed by atoms with Crippen molar-refractivity contribution in [3.05, 3.63) is 89.5 Å². The van der Waals surface area contributed by atoms with Gasteiger partial charge >= 0.3 is 5.97 Å². The smallest absolute Gasteiger partial charge is 0.337 e. The molecule has 1 atom stereocenters. The molecule has 8 nitrogen and oxygen atoms in total. The summed E-state index contributed by atoms with van der Waals surface area (Å²) in [5.41, 5.74) is 2.44. The van der Waals surface area contributed by atoms with Gasteiger partial charge in [-0.05, 0) is 42.3 Å². The van der Waals surface area contributed by atoms with Gasteiger partial charge in [0.05, 0.1) is 30.7 Å². The number of fused-ring (bicyclic) bond motifs is 1. The zero-order chi connectivity index (χ0) is 24.3. The molecule has 0 aliphatic carbocycles. The van der Waals surface area contributed by atoms with E-state index >= 15 is 0 Å². The largest absolute Gasteiger partial charge is 0.476 e. The van der Waals surface area contributed by atoms with Crippen molar-refractivity contribution < 1.29 is 27.5 Å². The first-order valence-electron chi connectivity index (χ1n) is 10.6. The molecule has 0 saturated heterocycles. The minimum atomic E-state index is -3.81. The minimum absolute atomic E-state index is 0.187. The fourth-order valence-electron chi connectivity index (χ4n) is 3.68. The SMILES string of the molecule is COC(=O)c1ccc(C)c(NC(=O)[C@@H]2CN(S(=O)(=O)Cc3ccccc3)c3ccccc3O2)c1. The number of amides is 1. The van der Waals surface area contributed by atoms with Crippen LogP contribution < -0.4 is 14.4 Å². The number of benzene rings is 3. The average Bonchev–Trinajstić information content (AvgIpc) is 2.84. The third-order valence-corrected chi connectivity index (χ3v) is 7.19. The fourth-order valence-corrected chi connectivity index (χ4v) is 5.26. The van der Waals surface area contributed by atoms with Gasteiger partial charge in [-0.1, -0.05) is 48.5 Å². The first-order chi connectivity index (χ1) is 16.3. The van der Waals surface area contributed by atoms with E-state index in [9.17, 15) is 18.0 Å². The molecule has 0 fully saturated rings. The standard InChI is InChI=1S/C25H24N2O6S/c1-17-12-13-19(25(29)32-2)14-20(17)26-24(28)23-15-27(21-10-6-7-11-22(21)33-23)34(30,31)16-18-8-4-3-5-9-18/h3-14,23H,15-16H2,1-2H3,(H,26,28)/t23-/m0/s1. The van der Waals surface area contributed by atoms with Crippen molar-refractivity contribution in [2.45, 2.75) is 18.8 Å². The summed E-state index contributed by atoms with van der Waals surface area (Å²) in [5.74, 6) is -0.974. The zero-order valence-corrected chi connectivity index (χ0v) is 19.5. The number of hydrogen-bond donors (Lipinski definition) is 1. The van der Waals surface area contributed by atoms with E-state index < -0.39 is 28.0 Å². The third kappa shape index (κ3) is 4.89. The molecule has 0 unspecified atom stereocenters. The number of hydrogen-bond acceptors (Lipinski definition) is 6. The van der Waals surface area contributed by atoms with Crippen LogP contribution in [0.3, 0.4) is 0 Å². The molecule has 34 heavy (non-hydrogen) atoms. The molecule has 176 valence electrons. The number of carbonyl (C=O) groups is 2. The van der Waals surface area contributed by atoms with Crippen molar-refractivity contribution in [2.75, 3.05) is 23.3 Å². The summed E-state index contributed by atoms with van der Waals surface area (Å²) in [6, 6.07) is 20.4. The maximum Gasteiger partial charge on any atom is 0.337 e. The van der Waals surface area contributed by atoms with Crippen LogP contribution in [0.15, 0.2) is 72.8 Å². The fraction of sp³-hybridized carbons (Fsp3) is 0.200. The third-order valence-electron chi connectivity index (χ3n) is 5.47. The number of nitrogens with zero attached hydrogens (tertiary/aromatic N) is 1. The Morgan fingerprint density at radius 3 is 2.50 bits per heavy atom. The van der Waals surface area contributed by atoms with E-state index in [-0.39, 0.29) is 17.9 Å². The van der Waals surface area contributed by atoms with Crippen molar-refractivity contribution in [3.63, 3.8) is 0 Å². The van der Waals surface area contributed by atoms with Gasteiger partial charge in [-0.25, -0.2) is 13.2 Å². The van der Waals surface area contributed by atoms with Gasteiger partial charge in [0.15, 0.2) is 6.10 Å². The molecule has 1 aliphatic rings. The molecule has 1 N–H and O–H groups in total. The van der Waals surface area contributed by atoms with Crippen LogP contribution in [0, 0.1) is 6.92 Å². The van der Waals surface area contributed by atoms with Crippen LogP contribution in [0.2, 0.25) is 0 Å². The molecule has 1 amide bonds. The number of ether oxygens (including phenoxy) is 2. The van der Waals surface area contributed by atoms with Gasteiger partial charge in [0.2, 0.25) is 10.0 Å². The topological polar surface area (TPSA) is 102 Å². The summed E-state index contributed by atoms with van der Waals surface area (Å²) in [7, 11) is -2.53. The molecule has 3 aromatic carbocycles. The number of sulfonamides is 1. The van der Waals surface area contributed by atoms with Gasteiger partial charge in [-0.2, -0.15) is 0 Å². The highest BCUT2D eigenvalue weighted by atomic mass is 32.2. The Labute approximate surface area is 198 Å². The second kappa shape index (κ2) is 9.56. The first-order valence-corrected chi connectivity index (χ1v) is 12.2. The maximum atomic E-state index is 13.3. The number of carbonyl (C=O) groups excluding carboxylic acids is 2. The van der Waals surface area contributed by atoms with Gasteiger partial charge in [0, 0.05) is 5.69 Å². The molecule has 3 aromatic rings. The quantitative estimate of drug-likeness (QED) is 0.542. The number of rotatable bonds is 6. The van der Waals surface area contributed by atoms with E-state index in [0.717, 1.165) is 5.56 Å². The van der Waals surface area contributed by atoms with Crippen molar-refractivity contribution in [1.82, 2.24) is 0 Å². The highest BCUT2D eigenvalue weighted by molar-refractivity contribution is 7.92. The molecular formula is C25H24N2O6S. The Bertz CT molecular complexity index is 1320. The number of methoxy groups -OCH3 is 1. The number of esters is 1. The Balaban J connectivity index is 1.61. The molecule has 0 spiro atoms. The molecule has 0 saturated carbocycles. The second-order valence-corrected chi connectivity index (χ2v) is 9.75. The highest BCUT2D eigenvalue weighted by Crippen LogP contribution is 2.36.